The van der Waals surface area contributed by atoms with E-state index in [-0.39, 0.29) is 0 Å². The zero-order chi connectivity index (χ0) is 16.4. The van der Waals surface area contributed by atoms with Crippen molar-refractivity contribution in [2.75, 3.05) is 0 Å². The highest BCUT2D eigenvalue weighted by Crippen LogP contribution is 2.50. The predicted octanol–water partition coefficient (Wildman–Crippen LogP) is 6.63. The molecule has 2 aliphatic rings. The monoisotopic (exact) mass is 319 g/mol. The standard InChI is InChI=1S/C19H15NS.C2H6/c1-3-15-18-12(2)13-8-5-7-11-17(13)21-19(18)14-9-4-6-10-16(14)20-15;1-2/h3-4,6-7,9-11H,1-2,5,8H2;1-2H3. The number of allylic oxidation sites excluding steroid dienone is 4. The topological polar surface area (TPSA) is 12.9 Å². The SMILES string of the molecule is C=Cc1nc2ccccc2c2c1C(=C)C1=C(C=CCC1)S2.CC. The van der Waals surface area contributed by atoms with Gasteiger partial charge in [-0.3, -0.25) is 0 Å². The Morgan fingerprint density at radius 3 is 2.78 bits per heavy atom. The maximum absolute atomic E-state index is 4.76. The van der Waals surface area contributed by atoms with Crippen molar-refractivity contribution in [3.63, 3.8) is 0 Å². The van der Waals surface area contributed by atoms with Crippen LogP contribution in [0.4, 0.5) is 0 Å². The molecule has 1 aliphatic heterocycles. The van der Waals surface area contributed by atoms with Gasteiger partial charge in [0, 0.05) is 20.8 Å². The van der Waals surface area contributed by atoms with Crippen LogP contribution in [0.5, 0.6) is 0 Å². The maximum Gasteiger partial charge on any atom is 0.0721 e. The van der Waals surface area contributed by atoms with Gasteiger partial charge in [0.05, 0.1) is 11.2 Å². The van der Waals surface area contributed by atoms with Crippen LogP contribution in [0.25, 0.3) is 22.6 Å². The number of thioether (sulfide) groups is 1. The first-order valence-corrected chi connectivity index (χ1v) is 8.93. The molecule has 0 amide bonds. The Balaban J connectivity index is 0.000000753. The second kappa shape index (κ2) is 6.59. The molecule has 23 heavy (non-hydrogen) atoms. The molecule has 2 aromatic rings. The molecule has 1 aromatic carbocycles. The molecule has 1 nitrogen and oxygen atoms in total. The van der Waals surface area contributed by atoms with Gasteiger partial charge in [0.25, 0.3) is 0 Å². The van der Waals surface area contributed by atoms with E-state index in [4.69, 9.17) is 4.98 Å². The summed E-state index contributed by atoms with van der Waals surface area (Å²) in [4.78, 5) is 7.37. The van der Waals surface area contributed by atoms with Gasteiger partial charge in [-0.25, -0.2) is 4.98 Å². The highest BCUT2D eigenvalue weighted by Gasteiger charge is 2.26. The van der Waals surface area contributed by atoms with Gasteiger partial charge in [-0.15, -0.1) is 0 Å². The van der Waals surface area contributed by atoms with Crippen LogP contribution >= 0.6 is 11.8 Å². The predicted molar refractivity (Wildman–Crippen MR) is 103 cm³/mol. The van der Waals surface area contributed by atoms with Gasteiger partial charge < -0.3 is 0 Å². The molecular weight excluding hydrogens is 298 g/mol. The largest absolute Gasteiger partial charge is 0.248 e. The normalized spacial score (nSPS) is 15.7. The molecule has 0 saturated carbocycles. The molecule has 116 valence electrons. The van der Waals surface area contributed by atoms with E-state index in [1.165, 1.54) is 26.3 Å². The highest BCUT2D eigenvalue weighted by molar-refractivity contribution is 8.03. The average Bonchev–Trinajstić information content (AvgIpc) is 2.63. The molecule has 2 heterocycles. The third-order valence-electron chi connectivity index (χ3n) is 4.07. The fraction of sp³-hybridized carbons (Fsp3) is 0.190. The lowest BCUT2D eigenvalue weighted by Crippen LogP contribution is -2.06. The second-order valence-electron chi connectivity index (χ2n) is 5.29. The Kier molecular flexibility index (Phi) is 4.53. The lowest BCUT2D eigenvalue weighted by Gasteiger charge is -2.27. The molecule has 1 aromatic heterocycles. The molecule has 0 N–H and O–H groups in total. The molecule has 4 rings (SSSR count). The average molecular weight is 319 g/mol. The van der Waals surface area contributed by atoms with Crippen LogP contribution < -0.4 is 0 Å². The van der Waals surface area contributed by atoms with E-state index in [0.29, 0.717) is 0 Å². The molecule has 1 aliphatic carbocycles. The lowest BCUT2D eigenvalue weighted by atomic mass is 9.90. The van der Waals surface area contributed by atoms with Crippen LogP contribution in [0, 0.1) is 0 Å². The van der Waals surface area contributed by atoms with Crippen LogP contribution in [0.3, 0.4) is 0 Å². The fourth-order valence-electron chi connectivity index (χ4n) is 3.04. The third kappa shape index (κ3) is 2.57. The van der Waals surface area contributed by atoms with E-state index in [1.807, 2.05) is 37.8 Å². The first-order chi connectivity index (χ1) is 11.3. The molecule has 0 radical (unpaired) electrons. The van der Waals surface area contributed by atoms with E-state index < -0.39 is 0 Å². The number of hydrogen-bond donors (Lipinski definition) is 0. The first kappa shape index (κ1) is 15.8. The molecular formula is C21H21NS. The van der Waals surface area contributed by atoms with Gasteiger partial charge in [-0.2, -0.15) is 0 Å². The van der Waals surface area contributed by atoms with E-state index in [9.17, 15) is 0 Å². The number of rotatable bonds is 1. The Morgan fingerprint density at radius 2 is 2.00 bits per heavy atom. The molecule has 2 heteroatoms. The minimum Gasteiger partial charge on any atom is -0.248 e. The summed E-state index contributed by atoms with van der Waals surface area (Å²) in [6.45, 7) is 12.3. The quantitative estimate of drug-likeness (QED) is 0.585. The number of pyridine rings is 1. The van der Waals surface area contributed by atoms with Crippen molar-refractivity contribution in [1.82, 2.24) is 4.98 Å². The number of nitrogens with zero attached hydrogens (tertiary/aromatic N) is 1. The van der Waals surface area contributed by atoms with E-state index in [0.717, 1.165) is 29.6 Å². The fourth-order valence-corrected chi connectivity index (χ4v) is 4.39. The van der Waals surface area contributed by atoms with Crippen molar-refractivity contribution in [2.45, 2.75) is 31.6 Å². The summed E-state index contributed by atoms with van der Waals surface area (Å²) in [5.74, 6) is 0. The van der Waals surface area contributed by atoms with Crippen molar-refractivity contribution < 1.29 is 0 Å². The van der Waals surface area contributed by atoms with Crippen molar-refractivity contribution >= 4 is 34.3 Å². The van der Waals surface area contributed by atoms with Gasteiger partial charge in [0.15, 0.2) is 0 Å². The number of aromatic nitrogens is 1. The highest BCUT2D eigenvalue weighted by atomic mass is 32.2. The van der Waals surface area contributed by atoms with Crippen LogP contribution in [0.15, 0.2) is 64.9 Å². The molecule has 0 fully saturated rings. The second-order valence-corrected chi connectivity index (χ2v) is 6.34. The Morgan fingerprint density at radius 1 is 1.22 bits per heavy atom. The van der Waals surface area contributed by atoms with Gasteiger partial charge in [0.1, 0.15) is 0 Å². The summed E-state index contributed by atoms with van der Waals surface area (Å²) in [7, 11) is 0. The Labute approximate surface area is 142 Å². The first-order valence-electron chi connectivity index (χ1n) is 8.12. The van der Waals surface area contributed by atoms with Crippen molar-refractivity contribution in [3.05, 3.63) is 71.3 Å². The van der Waals surface area contributed by atoms with Crippen LogP contribution in [0.1, 0.15) is 37.9 Å². The zero-order valence-corrected chi connectivity index (χ0v) is 14.5. The van der Waals surface area contributed by atoms with Gasteiger partial charge in [0.2, 0.25) is 0 Å². The third-order valence-corrected chi connectivity index (χ3v) is 5.30. The molecule has 0 unspecified atom stereocenters. The molecule has 0 bridgehead atoms. The maximum atomic E-state index is 4.76. The smallest absolute Gasteiger partial charge is 0.0721 e. The van der Waals surface area contributed by atoms with E-state index in [2.05, 4.69) is 43.5 Å². The number of hydrogen-bond acceptors (Lipinski definition) is 2. The van der Waals surface area contributed by atoms with Gasteiger partial charge >= 0.3 is 0 Å². The van der Waals surface area contributed by atoms with Crippen molar-refractivity contribution in [1.29, 1.82) is 0 Å². The molecule has 0 spiro atoms. The minimum absolute atomic E-state index is 0.947. The summed E-state index contributed by atoms with van der Waals surface area (Å²) in [6.07, 6.45) is 8.50. The van der Waals surface area contributed by atoms with Crippen molar-refractivity contribution in [3.8, 4) is 0 Å². The minimum atomic E-state index is 0.947. The van der Waals surface area contributed by atoms with Gasteiger partial charge in [-0.1, -0.05) is 69.1 Å². The Hall–Kier alpha value is -2.06. The van der Waals surface area contributed by atoms with Crippen molar-refractivity contribution in [2.24, 2.45) is 0 Å². The lowest BCUT2D eigenvalue weighted by molar-refractivity contribution is 0.987. The van der Waals surface area contributed by atoms with Crippen LogP contribution in [0.2, 0.25) is 0 Å². The summed E-state index contributed by atoms with van der Waals surface area (Å²) in [5.41, 5.74) is 5.63. The molecule has 0 saturated heterocycles. The van der Waals surface area contributed by atoms with Gasteiger partial charge in [-0.05, 0) is 36.1 Å². The summed E-state index contributed by atoms with van der Waals surface area (Å²) in [5, 5.41) is 1.20. The van der Waals surface area contributed by atoms with Crippen LogP contribution in [-0.2, 0) is 0 Å². The van der Waals surface area contributed by atoms with E-state index in [1.54, 1.807) is 0 Å². The van der Waals surface area contributed by atoms with E-state index >= 15 is 0 Å². The number of para-hydroxylation sites is 1. The Bertz CT molecular complexity index is 856. The van der Waals surface area contributed by atoms with Crippen LogP contribution in [-0.4, -0.2) is 4.98 Å². The summed E-state index contributed by atoms with van der Waals surface area (Å²) >= 11 is 1.85. The summed E-state index contributed by atoms with van der Waals surface area (Å²) in [6, 6.07) is 8.31. The zero-order valence-electron chi connectivity index (χ0n) is 13.7. The summed E-state index contributed by atoms with van der Waals surface area (Å²) < 4.78 is 0. The molecule has 0 atom stereocenters. The number of fused-ring (bicyclic) bond motifs is 3. The number of benzene rings is 1.